The van der Waals surface area contributed by atoms with Crippen LogP contribution in [0, 0.1) is 6.92 Å². The fraction of sp³-hybridized carbons (Fsp3) is 0.538. The fourth-order valence-electron chi connectivity index (χ4n) is 2.19. The molecule has 1 aliphatic rings. The zero-order valence-electron chi connectivity index (χ0n) is 10.8. The first-order valence-corrected chi connectivity index (χ1v) is 7.58. The molecule has 0 heterocycles. The van der Waals surface area contributed by atoms with E-state index >= 15 is 0 Å². The van der Waals surface area contributed by atoms with Crippen molar-refractivity contribution in [3.8, 4) is 0 Å². The van der Waals surface area contributed by atoms with E-state index < -0.39 is 10.0 Å². The number of benzene rings is 1. The Labute approximate surface area is 108 Å². The van der Waals surface area contributed by atoms with Gasteiger partial charge >= 0.3 is 0 Å². The van der Waals surface area contributed by atoms with Crippen LogP contribution in [0.5, 0.6) is 0 Å². The van der Waals surface area contributed by atoms with Crippen LogP contribution in [0.25, 0.3) is 0 Å². The minimum absolute atomic E-state index is 0.296. The maximum absolute atomic E-state index is 12.2. The van der Waals surface area contributed by atoms with Crippen LogP contribution in [-0.4, -0.2) is 27.7 Å². The van der Waals surface area contributed by atoms with Crippen LogP contribution in [0.2, 0.25) is 0 Å². The average molecular weight is 269 g/mol. The van der Waals surface area contributed by atoms with Crippen LogP contribution in [0.15, 0.2) is 29.2 Å². The first-order valence-electron chi connectivity index (χ1n) is 6.10. The summed E-state index contributed by atoms with van der Waals surface area (Å²) in [5, 5.41) is 0. The van der Waals surface area contributed by atoms with Gasteiger partial charge in [0.25, 0.3) is 0 Å². The van der Waals surface area contributed by atoms with Crippen molar-refractivity contribution in [2.24, 2.45) is 0 Å². The summed E-state index contributed by atoms with van der Waals surface area (Å²) in [4.78, 5) is 0.343. The molecule has 1 aliphatic carbocycles. The third-order valence-electron chi connectivity index (χ3n) is 3.67. The van der Waals surface area contributed by atoms with Gasteiger partial charge in [-0.1, -0.05) is 18.2 Å². The van der Waals surface area contributed by atoms with Crippen molar-refractivity contribution < 1.29 is 13.2 Å². The van der Waals surface area contributed by atoms with Crippen molar-refractivity contribution in [3.05, 3.63) is 29.8 Å². The highest BCUT2D eigenvalue weighted by Gasteiger charge is 2.38. The molecule has 0 spiro atoms. The second-order valence-corrected chi connectivity index (χ2v) is 6.57. The van der Waals surface area contributed by atoms with E-state index in [0.29, 0.717) is 11.4 Å². The summed E-state index contributed by atoms with van der Waals surface area (Å²) in [7, 11) is -1.80. The van der Waals surface area contributed by atoms with Crippen molar-refractivity contribution in [1.29, 1.82) is 0 Å². The second kappa shape index (κ2) is 4.99. The molecule has 1 saturated carbocycles. The lowest BCUT2D eigenvalue weighted by Gasteiger charge is -2.40. The van der Waals surface area contributed by atoms with Gasteiger partial charge in [0.15, 0.2) is 0 Å². The Bertz CT molecular complexity index is 515. The predicted molar refractivity (Wildman–Crippen MR) is 70.0 cm³/mol. The number of hydrogen-bond donors (Lipinski definition) is 1. The highest BCUT2D eigenvalue weighted by Crippen LogP contribution is 2.34. The lowest BCUT2D eigenvalue weighted by molar-refractivity contribution is -0.0659. The summed E-state index contributed by atoms with van der Waals surface area (Å²) in [6, 6.07) is 6.98. The number of methoxy groups -OCH3 is 1. The topological polar surface area (TPSA) is 55.4 Å². The summed E-state index contributed by atoms with van der Waals surface area (Å²) < 4.78 is 32.4. The number of hydrogen-bond acceptors (Lipinski definition) is 3. The standard InChI is InChI=1S/C13H19NO3S/c1-11-6-3-4-7-12(11)18(15,16)14-10-13(17-2)8-5-9-13/h3-4,6-7,14H,5,8-10H2,1-2H3. The summed E-state index contributed by atoms with van der Waals surface area (Å²) in [5.41, 5.74) is 0.459. The van der Waals surface area contributed by atoms with Crippen LogP contribution < -0.4 is 4.72 Å². The first kappa shape index (κ1) is 13.5. The summed E-state index contributed by atoms with van der Waals surface area (Å²) in [5.74, 6) is 0. The highest BCUT2D eigenvalue weighted by atomic mass is 32.2. The molecule has 100 valence electrons. The van der Waals surface area contributed by atoms with Gasteiger partial charge in [-0.25, -0.2) is 13.1 Å². The minimum atomic E-state index is -3.44. The largest absolute Gasteiger partial charge is 0.377 e. The van der Waals surface area contributed by atoms with E-state index in [2.05, 4.69) is 4.72 Å². The molecule has 5 heteroatoms. The van der Waals surface area contributed by atoms with Crippen LogP contribution in [0.1, 0.15) is 24.8 Å². The van der Waals surface area contributed by atoms with Crippen LogP contribution in [0.4, 0.5) is 0 Å². The Kier molecular flexibility index (Phi) is 3.75. The molecular weight excluding hydrogens is 250 g/mol. The van der Waals surface area contributed by atoms with Gasteiger partial charge in [-0.15, -0.1) is 0 Å². The lowest BCUT2D eigenvalue weighted by atomic mass is 9.80. The van der Waals surface area contributed by atoms with E-state index in [1.54, 1.807) is 32.2 Å². The summed E-state index contributed by atoms with van der Waals surface area (Å²) in [6.45, 7) is 2.14. The first-order chi connectivity index (χ1) is 8.49. The van der Waals surface area contributed by atoms with Gasteiger partial charge in [0.1, 0.15) is 0 Å². The number of rotatable bonds is 5. The maximum atomic E-state index is 12.2. The Balaban J connectivity index is 2.11. The molecule has 18 heavy (non-hydrogen) atoms. The van der Waals surface area contributed by atoms with Crippen molar-refractivity contribution in [2.45, 2.75) is 36.7 Å². The molecule has 0 amide bonds. The summed E-state index contributed by atoms with van der Waals surface area (Å²) in [6.07, 6.45) is 2.93. The van der Waals surface area contributed by atoms with Crippen molar-refractivity contribution >= 4 is 10.0 Å². The molecule has 0 saturated heterocycles. The Morgan fingerprint density at radius 2 is 2.00 bits per heavy atom. The quantitative estimate of drug-likeness (QED) is 0.887. The molecular formula is C13H19NO3S. The molecule has 1 N–H and O–H groups in total. The van der Waals surface area contributed by atoms with E-state index in [9.17, 15) is 8.42 Å². The highest BCUT2D eigenvalue weighted by molar-refractivity contribution is 7.89. The number of sulfonamides is 1. The van der Waals surface area contributed by atoms with Gasteiger partial charge in [-0.05, 0) is 37.8 Å². The van der Waals surface area contributed by atoms with Crippen molar-refractivity contribution in [2.75, 3.05) is 13.7 Å². The second-order valence-electron chi connectivity index (χ2n) is 4.83. The van der Waals surface area contributed by atoms with Crippen molar-refractivity contribution in [3.63, 3.8) is 0 Å². The maximum Gasteiger partial charge on any atom is 0.240 e. The van der Waals surface area contributed by atoms with Gasteiger partial charge < -0.3 is 4.74 Å². The third kappa shape index (κ3) is 2.58. The molecule has 1 aromatic rings. The van der Waals surface area contributed by atoms with E-state index in [-0.39, 0.29) is 5.60 Å². The van der Waals surface area contributed by atoms with Crippen LogP contribution in [0.3, 0.4) is 0 Å². The van der Waals surface area contributed by atoms with Gasteiger partial charge in [-0.2, -0.15) is 0 Å². The third-order valence-corrected chi connectivity index (χ3v) is 5.23. The molecule has 0 unspecified atom stereocenters. The zero-order valence-corrected chi connectivity index (χ0v) is 11.6. The van der Waals surface area contributed by atoms with Crippen molar-refractivity contribution in [1.82, 2.24) is 4.72 Å². The van der Waals surface area contributed by atoms with Gasteiger partial charge in [-0.3, -0.25) is 0 Å². The number of ether oxygens (including phenoxy) is 1. The molecule has 0 aromatic heterocycles. The minimum Gasteiger partial charge on any atom is -0.377 e. The molecule has 4 nitrogen and oxygen atoms in total. The lowest BCUT2D eigenvalue weighted by Crippen LogP contribution is -2.49. The molecule has 2 rings (SSSR count). The van der Waals surface area contributed by atoms with E-state index in [4.69, 9.17) is 4.74 Å². The molecule has 1 aromatic carbocycles. The number of aryl methyl sites for hydroxylation is 1. The Hall–Kier alpha value is -0.910. The van der Waals surface area contributed by atoms with E-state index in [1.807, 2.05) is 6.07 Å². The zero-order chi connectivity index (χ0) is 13.2. The predicted octanol–water partition coefficient (Wildman–Crippen LogP) is 1.84. The van der Waals surface area contributed by atoms with Gasteiger partial charge in [0.2, 0.25) is 10.0 Å². The van der Waals surface area contributed by atoms with Crippen LogP contribution in [-0.2, 0) is 14.8 Å². The molecule has 0 radical (unpaired) electrons. The molecule has 1 fully saturated rings. The fourth-order valence-corrected chi connectivity index (χ4v) is 3.54. The van der Waals surface area contributed by atoms with Gasteiger partial charge in [0, 0.05) is 13.7 Å². The molecule has 0 atom stereocenters. The Morgan fingerprint density at radius 1 is 1.33 bits per heavy atom. The molecule has 0 bridgehead atoms. The smallest absolute Gasteiger partial charge is 0.240 e. The average Bonchev–Trinajstić information content (AvgIpc) is 2.28. The number of nitrogens with one attached hydrogen (secondary N) is 1. The van der Waals surface area contributed by atoms with Crippen LogP contribution >= 0.6 is 0 Å². The van der Waals surface area contributed by atoms with E-state index in [0.717, 1.165) is 24.8 Å². The van der Waals surface area contributed by atoms with Gasteiger partial charge in [0.05, 0.1) is 10.5 Å². The molecule has 0 aliphatic heterocycles. The normalized spacial score (nSPS) is 18.3. The monoisotopic (exact) mass is 269 g/mol. The summed E-state index contributed by atoms with van der Waals surface area (Å²) >= 11 is 0. The SMILES string of the molecule is COC1(CNS(=O)(=O)c2ccccc2C)CCC1. The Morgan fingerprint density at radius 3 is 2.50 bits per heavy atom. The van der Waals surface area contributed by atoms with E-state index in [1.165, 1.54) is 0 Å².